The van der Waals surface area contributed by atoms with Crippen LogP contribution in [0.25, 0.3) is 10.4 Å². The van der Waals surface area contributed by atoms with Crippen molar-refractivity contribution in [1.29, 1.82) is 0 Å². The van der Waals surface area contributed by atoms with Crippen LogP contribution < -0.4 is 10.1 Å². The maximum atomic E-state index is 12.3. The Balaban J connectivity index is 1.83. The second kappa shape index (κ2) is 9.95. The Hall–Kier alpha value is -2.56. The average Bonchev–Trinajstić information content (AvgIpc) is 3.00. The molecule has 0 aliphatic heterocycles. The van der Waals surface area contributed by atoms with Gasteiger partial charge >= 0.3 is 6.36 Å². The van der Waals surface area contributed by atoms with Crippen LogP contribution in [0.15, 0.2) is 29.4 Å². The lowest BCUT2D eigenvalue weighted by molar-refractivity contribution is -0.274. The lowest BCUT2D eigenvalue weighted by Crippen LogP contribution is -2.21. The quantitative estimate of drug-likeness (QED) is 0.205. The number of benzene rings is 1. The largest absolute Gasteiger partial charge is 0.573 e. The highest BCUT2D eigenvalue weighted by Crippen LogP contribution is 2.24. The van der Waals surface area contributed by atoms with Crippen molar-refractivity contribution in [3.05, 3.63) is 45.3 Å². The fourth-order valence-electron chi connectivity index (χ4n) is 2.20. The number of unbranched alkanes of at least 4 members (excludes halogenated alkanes) is 1. The average molecular weight is 402 g/mol. The molecule has 1 aromatic heterocycles. The minimum atomic E-state index is -4.76. The van der Waals surface area contributed by atoms with E-state index < -0.39 is 12.6 Å². The second-order valence-electron chi connectivity index (χ2n) is 5.47. The maximum Gasteiger partial charge on any atom is 0.573 e. The predicted octanol–water partition coefficient (Wildman–Crippen LogP) is 4.04. The van der Waals surface area contributed by atoms with Gasteiger partial charge in [0, 0.05) is 24.3 Å². The van der Waals surface area contributed by atoms with Gasteiger partial charge in [-0.25, -0.2) is 0 Å². The molecule has 0 fully saturated rings. The standard InChI is InChI=1S/C15H17F3N6O2S/c16-15(17,18)26-11-5-3-4-10(8-11)9-12(25)21-14-23-22-13(27-14)6-1-2-7-20-24-19/h3-5,8,12,25H,1-2,6-7,9H2,(H,21,23). The molecule has 2 rings (SSSR count). The van der Waals surface area contributed by atoms with E-state index in [1.165, 1.54) is 29.5 Å². The van der Waals surface area contributed by atoms with E-state index in [1.807, 2.05) is 0 Å². The van der Waals surface area contributed by atoms with Gasteiger partial charge in [0.05, 0.1) is 0 Å². The van der Waals surface area contributed by atoms with E-state index in [9.17, 15) is 18.3 Å². The topological polar surface area (TPSA) is 116 Å². The summed E-state index contributed by atoms with van der Waals surface area (Å²) in [5.74, 6) is -0.342. The van der Waals surface area contributed by atoms with Crippen LogP contribution in [-0.4, -0.2) is 34.4 Å². The van der Waals surface area contributed by atoms with Gasteiger partial charge in [0.2, 0.25) is 5.13 Å². The zero-order valence-corrected chi connectivity index (χ0v) is 14.9. The number of aromatic nitrogens is 2. The molecule has 146 valence electrons. The lowest BCUT2D eigenvalue weighted by Gasteiger charge is -2.13. The van der Waals surface area contributed by atoms with Crippen molar-refractivity contribution in [3.63, 3.8) is 0 Å². The molecular formula is C15H17F3N6O2S. The molecule has 0 amide bonds. The number of hydrogen-bond acceptors (Lipinski definition) is 7. The molecule has 0 aliphatic rings. The summed E-state index contributed by atoms with van der Waals surface area (Å²) in [6.07, 6.45) is -3.53. The number of aliphatic hydroxyl groups excluding tert-OH is 1. The number of rotatable bonds is 10. The molecule has 0 saturated heterocycles. The van der Waals surface area contributed by atoms with Crippen molar-refractivity contribution >= 4 is 16.5 Å². The molecule has 12 heteroatoms. The van der Waals surface area contributed by atoms with E-state index in [4.69, 9.17) is 5.53 Å². The molecule has 1 atom stereocenters. The zero-order valence-electron chi connectivity index (χ0n) is 14.1. The number of halogens is 3. The van der Waals surface area contributed by atoms with Gasteiger partial charge in [-0.15, -0.1) is 23.4 Å². The Morgan fingerprint density at radius 2 is 2.15 bits per heavy atom. The van der Waals surface area contributed by atoms with Gasteiger partial charge in [-0.3, -0.25) is 0 Å². The molecular weight excluding hydrogens is 385 g/mol. The van der Waals surface area contributed by atoms with Crippen LogP contribution in [0.5, 0.6) is 5.75 Å². The van der Waals surface area contributed by atoms with Crippen molar-refractivity contribution in [3.8, 4) is 5.75 Å². The first-order chi connectivity index (χ1) is 12.9. The number of ether oxygens (including phenoxy) is 1. The Morgan fingerprint density at radius 1 is 1.33 bits per heavy atom. The second-order valence-corrected chi connectivity index (χ2v) is 6.53. The highest BCUT2D eigenvalue weighted by Gasteiger charge is 2.31. The SMILES string of the molecule is [N-]=[N+]=NCCCCc1nnc(NC(O)Cc2cccc(OC(F)(F)F)c2)s1. The molecule has 0 saturated carbocycles. The number of aryl methyl sites for hydroxylation is 1. The van der Waals surface area contributed by atoms with E-state index in [0.717, 1.165) is 17.8 Å². The predicted molar refractivity (Wildman–Crippen MR) is 93.3 cm³/mol. The number of hydrogen-bond donors (Lipinski definition) is 2. The summed E-state index contributed by atoms with van der Waals surface area (Å²) in [6.45, 7) is 0.427. The summed E-state index contributed by atoms with van der Waals surface area (Å²) in [6, 6.07) is 5.41. The molecule has 0 aliphatic carbocycles. The minimum Gasteiger partial charge on any atom is -0.406 e. The summed E-state index contributed by atoms with van der Waals surface area (Å²) in [4.78, 5) is 2.67. The zero-order chi connectivity index (χ0) is 19.7. The number of nitrogens with one attached hydrogen (secondary N) is 1. The van der Waals surface area contributed by atoms with Gasteiger partial charge in [-0.05, 0) is 36.1 Å². The molecule has 2 N–H and O–H groups in total. The van der Waals surface area contributed by atoms with Gasteiger partial charge in [-0.1, -0.05) is 28.6 Å². The van der Waals surface area contributed by atoms with Crippen molar-refractivity contribution in [2.24, 2.45) is 5.11 Å². The third-order valence-electron chi connectivity index (χ3n) is 3.28. The van der Waals surface area contributed by atoms with E-state index >= 15 is 0 Å². The van der Waals surface area contributed by atoms with Crippen LogP contribution in [-0.2, 0) is 12.8 Å². The summed E-state index contributed by atoms with van der Waals surface area (Å²) in [5.41, 5.74) is 8.66. The molecule has 1 unspecified atom stereocenters. The third-order valence-corrected chi connectivity index (χ3v) is 4.19. The molecule has 0 radical (unpaired) electrons. The normalized spacial score (nSPS) is 12.3. The van der Waals surface area contributed by atoms with Gasteiger partial charge in [0.25, 0.3) is 0 Å². The van der Waals surface area contributed by atoms with Crippen LogP contribution in [0.3, 0.4) is 0 Å². The molecule has 0 spiro atoms. The minimum absolute atomic E-state index is 0.0656. The Morgan fingerprint density at radius 3 is 2.89 bits per heavy atom. The van der Waals surface area contributed by atoms with Crippen LogP contribution in [0.2, 0.25) is 0 Å². The summed E-state index contributed by atoms with van der Waals surface area (Å²) in [7, 11) is 0. The third kappa shape index (κ3) is 8.11. The molecule has 1 heterocycles. The lowest BCUT2D eigenvalue weighted by atomic mass is 10.1. The number of anilines is 1. The van der Waals surface area contributed by atoms with E-state index in [-0.39, 0.29) is 12.2 Å². The monoisotopic (exact) mass is 402 g/mol. The van der Waals surface area contributed by atoms with E-state index in [0.29, 0.717) is 23.7 Å². The molecule has 1 aromatic carbocycles. The molecule has 27 heavy (non-hydrogen) atoms. The smallest absolute Gasteiger partial charge is 0.406 e. The highest BCUT2D eigenvalue weighted by atomic mass is 32.1. The van der Waals surface area contributed by atoms with Crippen molar-refractivity contribution in [2.75, 3.05) is 11.9 Å². The Kier molecular flexibility index (Phi) is 7.65. The van der Waals surface area contributed by atoms with Gasteiger partial charge in [-0.2, -0.15) is 0 Å². The number of aliphatic hydroxyl groups is 1. The Bertz CT molecular complexity index is 779. The summed E-state index contributed by atoms with van der Waals surface area (Å²) >= 11 is 1.28. The van der Waals surface area contributed by atoms with Crippen molar-refractivity contribution in [2.45, 2.75) is 38.3 Å². The fraction of sp³-hybridized carbons (Fsp3) is 0.467. The van der Waals surface area contributed by atoms with Crippen LogP contribution >= 0.6 is 11.3 Å². The van der Waals surface area contributed by atoms with Crippen molar-refractivity contribution in [1.82, 2.24) is 10.2 Å². The van der Waals surface area contributed by atoms with Crippen LogP contribution in [0, 0.1) is 0 Å². The first kappa shape index (κ1) is 20.7. The van der Waals surface area contributed by atoms with Gasteiger partial charge < -0.3 is 15.2 Å². The van der Waals surface area contributed by atoms with Crippen molar-refractivity contribution < 1.29 is 23.0 Å². The fourth-order valence-corrected chi connectivity index (χ4v) is 3.03. The highest BCUT2D eigenvalue weighted by molar-refractivity contribution is 7.15. The maximum absolute atomic E-state index is 12.3. The number of nitrogens with zero attached hydrogens (tertiary/aromatic N) is 5. The molecule has 2 aromatic rings. The van der Waals surface area contributed by atoms with Crippen LogP contribution in [0.4, 0.5) is 18.3 Å². The van der Waals surface area contributed by atoms with E-state index in [2.05, 4.69) is 30.3 Å². The molecule has 0 bridgehead atoms. The summed E-state index contributed by atoms with van der Waals surface area (Å²) in [5, 5.41) is 25.4. The van der Waals surface area contributed by atoms with Gasteiger partial charge in [0.1, 0.15) is 17.0 Å². The Labute approximate surface area is 156 Å². The first-order valence-electron chi connectivity index (χ1n) is 7.98. The first-order valence-corrected chi connectivity index (χ1v) is 8.80. The number of alkyl halides is 3. The number of azide groups is 1. The molecule has 8 nitrogen and oxygen atoms in total. The van der Waals surface area contributed by atoms with E-state index in [1.54, 1.807) is 6.07 Å². The van der Waals surface area contributed by atoms with Gasteiger partial charge in [0.15, 0.2) is 0 Å². The van der Waals surface area contributed by atoms with Crippen LogP contribution in [0.1, 0.15) is 23.4 Å². The summed E-state index contributed by atoms with van der Waals surface area (Å²) < 4.78 is 40.6.